The van der Waals surface area contributed by atoms with Gasteiger partial charge in [-0.2, -0.15) is 0 Å². The lowest BCUT2D eigenvalue weighted by Gasteiger charge is -2.27. The Balaban J connectivity index is 1.65. The van der Waals surface area contributed by atoms with Crippen LogP contribution in [0.25, 0.3) is 10.9 Å². The van der Waals surface area contributed by atoms with Crippen molar-refractivity contribution in [2.45, 2.75) is 65.1 Å². The number of rotatable bonds is 4. The summed E-state index contributed by atoms with van der Waals surface area (Å²) in [5.74, 6) is 0. The summed E-state index contributed by atoms with van der Waals surface area (Å²) in [6.07, 6.45) is 1.05. The molecule has 0 bridgehead atoms. The van der Waals surface area contributed by atoms with Gasteiger partial charge in [-0.3, -0.25) is 4.90 Å². The number of aryl methyl sites for hydroxylation is 1. The Bertz CT molecular complexity index is 977. The average Bonchev–Trinajstić information content (AvgIpc) is 3.14. The van der Waals surface area contributed by atoms with Crippen LogP contribution in [0.2, 0.25) is 0 Å². The first-order valence-electron chi connectivity index (χ1n) is 10.2. The van der Waals surface area contributed by atoms with E-state index >= 15 is 0 Å². The number of para-hydroxylation sites is 1. The minimum Gasteiger partial charge on any atom is -0.347 e. The molecule has 0 unspecified atom stereocenters. The van der Waals surface area contributed by atoms with Crippen LogP contribution in [-0.4, -0.2) is 15.5 Å². The van der Waals surface area contributed by atoms with E-state index in [1.807, 2.05) is 0 Å². The lowest BCUT2D eigenvalue weighted by molar-refractivity contribution is 0.180. The van der Waals surface area contributed by atoms with Gasteiger partial charge in [0, 0.05) is 42.3 Å². The van der Waals surface area contributed by atoms with E-state index in [0.717, 1.165) is 13.0 Å². The van der Waals surface area contributed by atoms with E-state index < -0.39 is 0 Å². The molecule has 1 aliphatic heterocycles. The molecule has 0 aliphatic carbocycles. The van der Waals surface area contributed by atoms with Gasteiger partial charge >= 0.3 is 0 Å². The first-order valence-corrected chi connectivity index (χ1v) is 10.2. The number of fused-ring (bicyclic) bond motifs is 2. The number of aromatic nitrogens is 1. The predicted molar refractivity (Wildman–Crippen MR) is 115 cm³/mol. The van der Waals surface area contributed by atoms with Gasteiger partial charge in [0.1, 0.15) is 0 Å². The molecular formula is C25H32N2. The van der Waals surface area contributed by atoms with E-state index in [1.54, 1.807) is 0 Å². The van der Waals surface area contributed by atoms with Crippen molar-refractivity contribution in [1.29, 1.82) is 0 Å². The molecule has 2 heteroatoms. The van der Waals surface area contributed by atoms with Crippen LogP contribution in [0.5, 0.6) is 0 Å². The van der Waals surface area contributed by atoms with Gasteiger partial charge in [-0.15, -0.1) is 0 Å². The largest absolute Gasteiger partial charge is 0.347 e. The highest BCUT2D eigenvalue weighted by molar-refractivity contribution is 5.81. The van der Waals surface area contributed by atoms with Crippen LogP contribution in [0.3, 0.4) is 0 Å². The Labute approximate surface area is 163 Å². The topological polar surface area (TPSA) is 8.17 Å². The maximum absolute atomic E-state index is 2.59. The summed E-state index contributed by atoms with van der Waals surface area (Å²) in [5, 5.41) is 1.33. The van der Waals surface area contributed by atoms with Gasteiger partial charge in [0.05, 0.1) is 0 Å². The number of benzene rings is 2. The highest BCUT2D eigenvalue weighted by Crippen LogP contribution is 2.37. The summed E-state index contributed by atoms with van der Waals surface area (Å²) >= 11 is 0. The molecule has 0 spiro atoms. The predicted octanol–water partition coefficient (Wildman–Crippen LogP) is 5.98. The van der Waals surface area contributed by atoms with E-state index in [1.165, 1.54) is 33.3 Å². The fourth-order valence-electron chi connectivity index (χ4n) is 4.97. The maximum Gasteiger partial charge on any atom is 0.0480 e. The van der Waals surface area contributed by atoms with Crippen LogP contribution in [0.1, 0.15) is 63.0 Å². The second kappa shape index (κ2) is 6.53. The third kappa shape index (κ3) is 3.10. The zero-order valence-corrected chi connectivity index (χ0v) is 17.6. The normalized spacial score (nSPS) is 17.8. The van der Waals surface area contributed by atoms with Gasteiger partial charge in [-0.1, -0.05) is 50.2 Å². The zero-order valence-electron chi connectivity index (χ0n) is 17.6. The van der Waals surface area contributed by atoms with Crippen LogP contribution in [0.4, 0.5) is 0 Å². The lowest BCUT2D eigenvalue weighted by Crippen LogP contribution is -2.27. The van der Waals surface area contributed by atoms with Crippen LogP contribution in [0.15, 0.2) is 48.5 Å². The quantitative estimate of drug-likeness (QED) is 0.555. The fraction of sp³-hybridized carbons (Fsp3) is 0.440. The standard InChI is InChI=1S/C25H32N2/c1-17(2)27-16-21-12-11-19(13-22(21)18(27)3)15-25(4,5)24-14-20-9-7-8-10-23(20)26(24)6/h7-14,17-18H,15-16H2,1-6H3/t18-/m1/s1. The van der Waals surface area contributed by atoms with Crippen molar-refractivity contribution in [2.75, 3.05) is 0 Å². The number of hydrogen-bond donors (Lipinski definition) is 0. The monoisotopic (exact) mass is 360 g/mol. The Hall–Kier alpha value is -2.06. The Morgan fingerprint density at radius 1 is 1.07 bits per heavy atom. The lowest BCUT2D eigenvalue weighted by atomic mass is 9.81. The van der Waals surface area contributed by atoms with Crippen LogP contribution in [0, 0.1) is 0 Å². The van der Waals surface area contributed by atoms with Crippen molar-refractivity contribution in [1.82, 2.24) is 9.47 Å². The van der Waals surface area contributed by atoms with Gasteiger partial charge in [0.15, 0.2) is 0 Å². The molecule has 2 heterocycles. The SMILES string of the molecule is CC(C)N1Cc2ccc(CC(C)(C)c3cc4ccccc4n3C)cc2[C@H]1C. The molecule has 2 aromatic carbocycles. The van der Waals surface area contributed by atoms with E-state index in [0.29, 0.717) is 12.1 Å². The summed E-state index contributed by atoms with van der Waals surface area (Å²) in [5.41, 5.74) is 7.27. The molecule has 0 radical (unpaired) electrons. The fourth-order valence-corrected chi connectivity index (χ4v) is 4.97. The van der Waals surface area contributed by atoms with Crippen LogP contribution in [-0.2, 0) is 25.4 Å². The molecule has 1 aromatic heterocycles. The number of nitrogens with zero attached hydrogens (tertiary/aromatic N) is 2. The summed E-state index contributed by atoms with van der Waals surface area (Å²) in [6.45, 7) is 12.8. The first kappa shape index (κ1) is 18.3. The van der Waals surface area contributed by atoms with Crippen molar-refractivity contribution < 1.29 is 0 Å². The summed E-state index contributed by atoms with van der Waals surface area (Å²) in [7, 11) is 2.20. The van der Waals surface area contributed by atoms with Crippen molar-refractivity contribution in [3.63, 3.8) is 0 Å². The van der Waals surface area contributed by atoms with Crippen molar-refractivity contribution in [3.8, 4) is 0 Å². The molecule has 0 N–H and O–H groups in total. The average molecular weight is 361 g/mol. The Morgan fingerprint density at radius 3 is 2.52 bits per heavy atom. The smallest absolute Gasteiger partial charge is 0.0480 e. The van der Waals surface area contributed by atoms with Gasteiger partial charge in [-0.25, -0.2) is 0 Å². The molecule has 3 aromatic rings. The molecule has 4 rings (SSSR count). The second-order valence-electron chi connectivity index (χ2n) is 9.18. The molecule has 27 heavy (non-hydrogen) atoms. The highest BCUT2D eigenvalue weighted by atomic mass is 15.2. The summed E-state index contributed by atoms with van der Waals surface area (Å²) in [4.78, 5) is 2.59. The highest BCUT2D eigenvalue weighted by Gasteiger charge is 2.30. The zero-order chi connectivity index (χ0) is 19.3. The molecule has 0 saturated carbocycles. The number of hydrogen-bond acceptors (Lipinski definition) is 1. The van der Waals surface area contributed by atoms with Crippen molar-refractivity contribution in [3.05, 3.63) is 70.9 Å². The van der Waals surface area contributed by atoms with Gasteiger partial charge in [0.2, 0.25) is 0 Å². The molecule has 2 nitrogen and oxygen atoms in total. The third-order valence-electron chi connectivity index (χ3n) is 6.47. The van der Waals surface area contributed by atoms with Gasteiger partial charge in [-0.05, 0) is 61.4 Å². The molecule has 142 valence electrons. The Kier molecular flexibility index (Phi) is 4.43. The molecule has 1 aliphatic rings. The Morgan fingerprint density at radius 2 is 1.81 bits per heavy atom. The maximum atomic E-state index is 2.59. The molecular weight excluding hydrogens is 328 g/mol. The van der Waals surface area contributed by atoms with Crippen LogP contribution >= 0.6 is 0 Å². The van der Waals surface area contributed by atoms with E-state index in [2.05, 4.69) is 99.7 Å². The summed E-state index contributed by atoms with van der Waals surface area (Å²) < 4.78 is 2.37. The van der Waals surface area contributed by atoms with Gasteiger partial charge < -0.3 is 4.57 Å². The molecule has 0 saturated heterocycles. The third-order valence-corrected chi connectivity index (χ3v) is 6.47. The molecule has 0 amide bonds. The summed E-state index contributed by atoms with van der Waals surface area (Å²) in [6, 6.07) is 19.3. The molecule has 0 fully saturated rings. The van der Waals surface area contributed by atoms with Crippen LogP contribution < -0.4 is 0 Å². The van der Waals surface area contributed by atoms with E-state index in [4.69, 9.17) is 0 Å². The van der Waals surface area contributed by atoms with Crippen molar-refractivity contribution >= 4 is 10.9 Å². The minimum absolute atomic E-state index is 0.0849. The van der Waals surface area contributed by atoms with E-state index in [-0.39, 0.29) is 5.41 Å². The first-order chi connectivity index (χ1) is 12.8. The minimum atomic E-state index is 0.0849. The molecule has 1 atom stereocenters. The van der Waals surface area contributed by atoms with Crippen molar-refractivity contribution in [2.24, 2.45) is 7.05 Å². The second-order valence-corrected chi connectivity index (χ2v) is 9.18. The van der Waals surface area contributed by atoms with Gasteiger partial charge in [0.25, 0.3) is 0 Å². The van der Waals surface area contributed by atoms with E-state index in [9.17, 15) is 0 Å².